The van der Waals surface area contributed by atoms with Crippen molar-refractivity contribution in [2.75, 3.05) is 0 Å². The van der Waals surface area contributed by atoms with Crippen molar-refractivity contribution in [3.63, 3.8) is 0 Å². The average molecular weight is 341 g/mol. The summed E-state index contributed by atoms with van der Waals surface area (Å²) in [5.74, 6) is 1.53. The van der Waals surface area contributed by atoms with E-state index < -0.39 is 0 Å². The van der Waals surface area contributed by atoms with E-state index in [4.69, 9.17) is 9.26 Å². The van der Waals surface area contributed by atoms with Gasteiger partial charge in [-0.15, -0.1) is 0 Å². The zero-order valence-corrected chi connectivity index (χ0v) is 15.1. The normalized spacial score (nSPS) is 23.8. The molecule has 1 N–H and O–H groups in total. The van der Waals surface area contributed by atoms with Gasteiger partial charge in [-0.05, 0) is 63.5 Å². The van der Waals surface area contributed by atoms with E-state index in [0.29, 0.717) is 12.5 Å². The molecule has 0 amide bonds. The van der Waals surface area contributed by atoms with Gasteiger partial charge in [0.05, 0.1) is 18.8 Å². The summed E-state index contributed by atoms with van der Waals surface area (Å²) in [5, 5.41) is 14.1. The topological polar surface area (TPSA) is 55.5 Å². The van der Waals surface area contributed by atoms with E-state index in [1.807, 2.05) is 0 Å². The van der Waals surface area contributed by atoms with E-state index >= 15 is 0 Å². The van der Waals surface area contributed by atoms with E-state index in [9.17, 15) is 5.11 Å². The van der Waals surface area contributed by atoms with Gasteiger partial charge in [0.25, 0.3) is 0 Å². The Morgan fingerprint density at radius 1 is 1.08 bits per heavy atom. The summed E-state index contributed by atoms with van der Waals surface area (Å²) >= 11 is 0. The van der Waals surface area contributed by atoms with Gasteiger partial charge in [0, 0.05) is 17.0 Å². The van der Waals surface area contributed by atoms with Gasteiger partial charge in [0.2, 0.25) is 0 Å². The van der Waals surface area contributed by atoms with E-state index in [1.165, 1.54) is 29.5 Å². The van der Waals surface area contributed by atoms with Gasteiger partial charge < -0.3 is 14.4 Å². The van der Waals surface area contributed by atoms with Gasteiger partial charge in [-0.2, -0.15) is 0 Å². The van der Waals surface area contributed by atoms with Gasteiger partial charge in [-0.25, -0.2) is 0 Å². The fraction of sp³-hybridized carbons (Fsp3) is 0.571. The number of aryl methyl sites for hydroxylation is 2. The third kappa shape index (κ3) is 3.51. The number of ether oxygens (including phenoxy) is 1. The van der Waals surface area contributed by atoms with Crippen molar-refractivity contribution in [2.45, 2.75) is 77.1 Å². The first-order valence-electron chi connectivity index (χ1n) is 9.48. The Hall–Kier alpha value is -1.65. The Balaban J connectivity index is 1.60. The minimum Gasteiger partial charge on any atom is -0.393 e. The molecule has 1 aromatic heterocycles. The summed E-state index contributed by atoms with van der Waals surface area (Å²) in [7, 11) is 0. The molecule has 2 aliphatic carbocycles. The third-order valence-electron chi connectivity index (χ3n) is 5.59. The zero-order valence-electron chi connectivity index (χ0n) is 15.1. The molecule has 0 atom stereocenters. The van der Waals surface area contributed by atoms with Gasteiger partial charge in [-0.1, -0.05) is 23.4 Å². The van der Waals surface area contributed by atoms with E-state index in [2.05, 4.69) is 37.2 Å². The molecule has 4 heteroatoms. The smallest absolute Gasteiger partial charge is 0.145 e. The molecule has 0 spiro atoms. The van der Waals surface area contributed by atoms with Crippen LogP contribution in [0.5, 0.6) is 0 Å². The Kier molecular flexibility index (Phi) is 4.65. The molecule has 2 aromatic rings. The quantitative estimate of drug-likeness (QED) is 0.859. The first kappa shape index (κ1) is 16.8. The van der Waals surface area contributed by atoms with E-state index in [0.717, 1.165) is 42.7 Å². The minimum atomic E-state index is -0.150. The molecule has 1 heterocycles. The maximum atomic E-state index is 9.68. The molecule has 134 valence electrons. The van der Waals surface area contributed by atoms with Crippen LogP contribution < -0.4 is 0 Å². The summed E-state index contributed by atoms with van der Waals surface area (Å²) in [6, 6.07) is 6.33. The molecular formula is C21H27NO3. The van der Waals surface area contributed by atoms with Crippen molar-refractivity contribution >= 4 is 0 Å². The molecule has 0 aliphatic heterocycles. The number of nitrogens with zero attached hydrogens (tertiary/aromatic N) is 1. The number of aromatic nitrogens is 1. The lowest BCUT2D eigenvalue weighted by atomic mass is 9.94. The highest BCUT2D eigenvalue weighted by Gasteiger charge is 2.33. The minimum absolute atomic E-state index is 0.150. The summed E-state index contributed by atoms with van der Waals surface area (Å²) in [6.45, 7) is 4.81. The maximum absolute atomic E-state index is 9.68. The molecule has 2 fully saturated rings. The van der Waals surface area contributed by atoms with Crippen LogP contribution in [0.25, 0.3) is 11.3 Å². The lowest BCUT2D eigenvalue weighted by Gasteiger charge is -2.25. The molecule has 2 saturated carbocycles. The third-order valence-corrected chi connectivity index (χ3v) is 5.59. The molecule has 0 radical (unpaired) electrons. The fourth-order valence-electron chi connectivity index (χ4n) is 3.93. The van der Waals surface area contributed by atoms with Crippen LogP contribution in [0.3, 0.4) is 0 Å². The number of benzene rings is 1. The van der Waals surface area contributed by atoms with Crippen LogP contribution in [0.1, 0.15) is 66.9 Å². The number of hydrogen-bond donors (Lipinski definition) is 1. The monoisotopic (exact) mass is 341 g/mol. The zero-order chi connectivity index (χ0) is 17.4. The van der Waals surface area contributed by atoms with Crippen LogP contribution in [0.2, 0.25) is 0 Å². The Labute approximate surface area is 149 Å². The molecule has 0 bridgehead atoms. The van der Waals surface area contributed by atoms with Crippen LogP contribution in [-0.2, 0) is 11.3 Å². The standard InChI is InChI=1S/C21H27NO3/c1-13-4-3-5-14(2)19(13)20-18(21(25-22-20)15-6-7-15)12-24-17-10-8-16(23)9-11-17/h3-5,15-17,23H,6-12H2,1-2H3. The molecule has 25 heavy (non-hydrogen) atoms. The van der Waals surface area contributed by atoms with Gasteiger partial charge in [-0.3, -0.25) is 0 Å². The predicted molar refractivity (Wildman–Crippen MR) is 96.4 cm³/mol. The second-order valence-corrected chi connectivity index (χ2v) is 7.66. The summed E-state index contributed by atoms with van der Waals surface area (Å²) < 4.78 is 12.0. The number of hydrogen-bond acceptors (Lipinski definition) is 4. The number of aliphatic hydroxyl groups is 1. The van der Waals surface area contributed by atoms with E-state index in [1.54, 1.807) is 0 Å². The first-order chi connectivity index (χ1) is 12.1. The highest BCUT2D eigenvalue weighted by Crippen LogP contribution is 2.45. The van der Waals surface area contributed by atoms with Gasteiger partial charge >= 0.3 is 0 Å². The fourth-order valence-corrected chi connectivity index (χ4v) is 3.93. The van der Waals surface area contributed by atoms with Crippen LogP contribution >= 0.6 is 0 Å². The van der Waals surface area contributed by atoms with Crippen molar-refractivity contribution in [3.05, 3.63) is 40.6 Å². The second-order valence-electron chi connectivity index (χ2n) is 7.66. The van der Waals surface area contributed by atoms with Crippen molar-refractivity contribution in [2.24, 2.45) is 0 Å². The Morgan fingerprint density at radius 2 is 1.76 bits per heavy atom. The van der Waals surface area contributed by atoms with Crippen LogP contribution in [0, 0.1) is 13.8 Å². The molecule has 1 aromatic carbocycles. The van der Waals surface area contributed by atoms with E-state index in [-0.39, 0.29) is 12.2 Å². The van der Waals surface area contributed by atoms with Crippen LogP contribution in [0.15, 0.2) is 22.7 Å². The lowest BCUT2D eigenvalue weighted by Crippen LogP contribution is -2.24. The van der Waals surface area contributed by atoms with Crippen molar-refractivity contribution in [1.29, 1.82) is 0 Å². The molecule has 0 saturated heterocycles. The lowest BCUT2D eigenvalue weighted by molar-refractivity contribution is -0.0121. The van der Waals surface area contributed by atoms with Gasteiger partial charge in [0.1, 0.15) is 11.5 Å². The van der Waals surface area contributed by atoms with Gasteiger partial charge in [0.15, 0.2) is 0 Å². The Morgan fingerprint density at radius 3 is 2.40 bits per heavy atom. The predicted octanol–water partition coefficient (Wildman–Crippen LogP) is 4.66. The molecule has 4 nitrogen and oxygen atoms in total. The summed E-state index contributed by atoms with van der Waals surface area (Å²) in [5.41, 5.74) is 5.70. The van der Waals surface area contributed by atoms with Crippen LogP contribution in [-0.4, -0.2) is 22.5 Å². The highest BCUT2D eigenvalue weighted by atomic mass is 16.5. The molecule has 0 unspecified atom stereocenters. The SMILES string of the molecule is Cc1cccc(C)c1-c1noc(C2CC2)c1COC1CCC(O)CC1. The Bertz CT molecular complexity index is 719. The summed E-state index contributed by atoms with van der Waals surface area (Å²) in [6.07, 6.45) is 6.00. The largest absolute Gasteiger partial charge is 0.393 e. The van der Waals surface area contributed by atoms with Crippen molar-refractivity contribution < 1.29 is 14.4 Å². The molecule has 4 rings (SSSR count). The molecular weight excluding hydrogens is 314 g/mol. The number of rotatable bonds is 5. The van der Waals surface area contributed by atoms with Crippen molar-refractivity contribution in [1.82, 2.24) is 5.16 Å². The highest BCUT2D eigenvalue weighted by molar-refractivity contribution is 5.70. The van der Waals surface area contributed by atoms with Crippen LogP contribution in [0.4, 0.5) is 0 Å². The summed E-state index contributed by atoms with van der Waals surface area (Å²) in [4.78, 5) is 0. The molecule has 2 aliphatic rings. The average Bonchev–Trinajstić information content (AvgIpc) is 3.36. The maximum Gasteiger partial charge on any atom is 0.145 e. The van der Waals surface area contributed by atoms with Crippen molar-refractivity contribution in [3.8, 4) is 11.3 Å². The second kappa shape index (κ2) is 6.93. The first-order valence-corrected chi connectivity index (χ1v) is 9.48. The number of aliphatic hydroxyl groups excluding tert-OH is 1.